The third-order valence-electron chi connectivity index (χ3n) is 3.56. The van der Waals surface area contributed by atoms with E-state index < -0.39 is 5.60 Å². The van der Waals surface area contributed by atoms with Crippen LogP contribution in [0.5, 0.6) is 0 Å². The largest absolute Gasteiger partial charge is 0.444 e. The van der Waals surface area contributed by atoms with Crippen LogP contribution in [0, 0.1) is 5.92 Å². The summed E-state index contributed by atoms with van der Waals surface area (Å²) in [5.74, 6) is 1.55. The third kappa shape index (κ3) is 3.99. The lowest BCUT2D eigenvalue weighted by atomic mass is 9.95. The van der Waals surface area contributed by atoms with Crippen LogP contribution >= 0.6 is 0 Å². The zero-order valence-corrected chi connectivity index (χ0v) is 12.9. The van der Waals surface area contributed by atoms with E-state index in [1.165, 1.54) is 0 Å². The summed E-state index contributed by atoms with van der Waals surface area (Å²) in [5.41, 5.74) is -0.427. The molecule has 0 N–H and O–H groups in total. The lowest BCUT2D eigenvalue weighted by molar-refractivity contribution is 0.0165. The van der Waals surface area contributed by atoms with Crippen LogP contribution in [0.2, 0.25) is 0 Å². The summed E-state index contributed by atoms with van der Waals surface area (Å²) in [6, 6.07) is 0. The minimum absolute atomic E-state index is 0.193. The number of rotatable bonds is 2. The number of piperidine rings is 1. The van der Waals surface area contributed by atoms with Crippen molar-refractivity contribution < 1.29 is 9.53 Å². The van der Waals surface area contributed by atoms with E-state index in [9.17, 15) is 4.79 Å². The second-order valence-electron chi connectivity index (χ2n) is 6.59. The molecule has 0 aromatic carbocycles. The van der Waals surface area contributed by atoms with Gasteiger partial charge in [-0.2, -0.15) is 0 Å². The van der Waals surface area contributed by atoms with Crippen LogP contribution in [0.25, 0.3) is 0 Å². The predicted octanol–water partition coefficient (Wildman–Crippen LogP) is 2.61. The van der Waals surface area contributed by atoms with Crippen molar-refractivity contribution in [3.63, 3.8) is 0 Å². The number of carbonyl (C=O) groups excluding carboxylic acids is 1. The first kappa shape index (κ1) is 14.9. The van der Waals surface area contributed by atoms with Crippen molar-refractivity contribution >= 4 is 6.09 Å². The summed E-state index contributed by atoms with van der Waals surface area (Å²) in [5, 5.41) is 0. The molecule has 2 heterocycles. The Hall–Kier alpha value is -1.52. The van der Waals surface area contributed by atoms with Crippen molar-refractivity contribution in [2.45, 2.75) is 45.6 Å². The van der Waals surface area contributed by atoms with Gasteiger partial charge in [0.1, 0.15) is 11.4 Å². The Morgan fingerprint density at radius 3 is 2.85 bits per heavy atom. The fourth-order valence-corrected chi connectivity index (χ4v) is 2.58. The molecule has 1 atom stereocenters. The monoisotopic (exact) mass is 279 g/mol. The minimum Gasteiger partial charge on any atom is -0.444 e. The SMILES string of the molecule is Cn1ccnc1C[C@H]1CCCN(C(=O)OC(C)(C)C)C1. The topological polar surface area (TPSA) is 47.4 Å². The van der Waals surface area contributed by atoms with Gasteiger partial charge in [0.05, 0.1) is 0 Å². The van der Waals surface area contributed by atoms with Gasteiger partial charge in [-0.1, -0.05) is 0 Å². The zero-order chi connectivity index (χ0) is 14.8. The van der Waals surface area contributed by atoms with E-state index in [2.05, 4.69) is 4.98 Å². The molecule has 1 aliphatic rings. The summed E-state index contributed by atoms with van der Waals surface area (Å²) >= 11 is 0. The third-order valence-corrected chi connectivity index (χ3v) is 3.56. The van der Waals surface area contributed by atoms with Crippen molar-refractivity contribution in [2.24, 2.45) is 13.0 Å². The maximum atomic E-state index is 12.1. The maximum Gasteiger partial charge on any atom is 0.410 e. The number of amides is 1. The molecule has 0 radical (unpaired) electrons. The Bertz CT molecular complexity index is 462. The number of likely N-dealkylation sites (tertiary alicyclic amines) is 1. The highest BCUT2D eigenvalue weighted by Gasteiger charge is 2.28. The number of imidazole rings is 1. The lowest BCUT2D eigenvalue weighted by Crippen LogP contribution is -2.43. The first-order chi connectivity index (χ1) is 9.35. The minimum atomic E-state index is -0.427. The molecule has 1 amide bonds. The predicted molar refractivity (Wildman–Crippen MR) is 77.4 cm³/mol. The van der Waals surface area contributed by atoms with Crippen molar-refractivity contribution in [2.75, 3.05) is 13.1 Å². The van der Waals surface area contributed by atoms with E-state index in [1.807, 2.05) is 49.7 Å². The highest BCUT2D eigenvalue weighted by molar-refractivity contribution is 5.68. The number of aryl methyl sites for hydroxylation is 1. The molecule has 0 bridgehead atoms. The Morgan fingerprint density at radius 2 is 2.25 bits per heavy atom. The lowest BCUT2D eigenvalue weighted by Gasteiger charge is -2.34. The molecule has 112 valence electrons. The van der Waals surface area contributed by atoms with Crippen LogP contribution in [0.1, 0.15) is 39.4 Å². The van der Waals surface area contributed by atoms with Gasteiger partial charge in [-0.3, -0.25) is 0 Å². The molecule has 1 aromatic rings. The smallest absolute Gasteiger partial charge is 0.410 e. The quantitative estimate of drug-likeness (QED) is 0.836. The summed E-state index contributed by atoms with van der Waals surface area (Å²) in [7, 11) is 2.01. The van der Waals surface area contributed by atoms with Gasteiger partial charge in [-0.15, -0.1) is 0 Å². The molecule has 5 heteroatoms. The molecule has 0 unspecified atom stereocenters. The Labute approximate surface area is 120 Å². The van der Waals surface area contributed by atoms with Gasteiger partial charge in [0, 0.05) is 39.0 Å². The Balaban J connectivity index is 1.92. The molecule has 2 rings (SSSR count). The van der Waals surface area contributed by atoms with Gasteiger partial charge in [0.2, 0.25) is 0 Å². The van der Waals surface area contributed by atoms with Crippen LogP contribution in [0.15, 0.2) is 12.4 Å². The fourth-order valence-electron chi connectivity index (χ4n) is 2.58. The molecule has 1 aromatic heterocycles. The highest BCUT2D eigenvalue weighted by Crippen LogP contribution is 2.22. The van der Waals surface area contributed by atoms with Crippen LogP contribution < -0.4 is 0 Å². The average Bonchev–Trinajstić information content (AvgIpc) is 2.73. The van der Waals surface area contributed by atoms with Crippen LogP contribution in [0.4, 0.5) is 4.79 Å². The van der Waals surface area contributed by atoms with E-state index in [0.717, 1.165) is 38.2 Å². The molecular weight excluding hydrogens is 254 g/mol. The second-order valence-corrected chi connectivity index (χ2v) is 6.59. The molecule has 0 aliphatic carbocycles. The van der Waals surface area contributed by atoms with Gasteiger partial charge < -0.3 is 14.2 Å². The van der Waals surface area contributed by atoms with Crippen LogP contribution in [0.3, 0.4) is 0 Å². The van der Waals surface area contributed by atoms with E-state index in [-0.39, 0.29) is 6.09 Å². The molecule has 20 heavy (non-hydrogen) atoms. The van der Waals surface area contributed by atoms with Crippen molar-refractivity contribution in [1.29, 1.82) is 0 Å². The van der Waals surface area contributed by atoms with Crippen molar-refractivity contribution in [1.82, 2.24) is 14.5 Å². The first-order valence-corrected chi connectivity index (χ1v) is 7.29. The van der Waals surface area contributed by atoms with Gasteiger partial charge in [0.25, 0.3) is 0 Å². The van der Waals surface area contributed by atoms with Gasteiger partial charge >= 0.3 is 6.09 Å². The Morgan fingerprint density at radius 1 is 1.50 bits per heavy atom. The standard InChI is InChI=1S/C15H25N3O2/c1-15(2,3)20-14(19)18-8-5-6-12(11-18)10-13-16-7-9-17(13)4/h7,9,12H,5-6,8,10-11H2,1-4H3/t12-/m1/s1. The second kappa shape index (κ2) is 5.85. The maximum absolute atomic E-state index is 12.1. The fraction of sp³-hybridized carbons (Fsp3) is 0.733. The highest BCUT2D eigenvalue weighted by atomic mass is 16.6. The molecule has 0 spiro atoms. The Kier molecular flexibility index (Phi) is 4.35. The number of hydrogen-bond acceptors (Lipinski definition) is 3. The average molecular weight is 279 g/mol. The number of hydrogen-bond donors (Lipinski definition) is 0. The summed E-state index contributed by atoms with van der Waals surface area (Å²) < 4.78 is 7.50. The van der Waals surface area contributed by atoms with Gasteiger partial charge in [0.15, 0.2) is 0 Å². The summed E-state index contributed by atoms with van der Waals surface area (Å²) in [6.07, 6.45) is 6.69. The number of carbonyl (C=O) groups is 1. The molecular formula is C15H25N3O2. The van der Waals surface area contributed by atoms with Crippen molar-refractivity contribution in [3.8, 4) is 0 Å². The number of ether oxygens (including phenoxy) is 1. The van der Waals surface area contributed by atoms with Gasteiger partial charge in [-0.25, -0.2) is 9.78 Å². The zero-order valence-electron chi connectivity index (χ0n) is 12.9. The molecule has 5 nitrogen and oxygen atoms in total. The summed E-state index contributed by atoms with van der Waals surface area (Å²) in [4.78, 5) is 18.3. The molecule has 1 fully saturated rings. The van der Waals surface area contributed by atoms with Crippen molar-refractivity contribution in [3.05, 3.63) is 18.2 Å². The molecule has 1 saturated heterocycles. The van der Waals surface area contributed by atoms with E-state index in [0.29, 0.717) is 5.92 Å². The van der Waals surface area contributed by atoms with E-state index in [4.69, 9.17) is 4.74 Å². The van der Waals surface area contributed by atoms with Crippen LogP contribution in [-0.2, 0) is 18.2 Å². The molecule has 0 saturated carbocycles. The van der Waals surface area contributed by atoms with E-state index in [1.54, 1.807) is 0 Å². The summed E-state index contributed by atoms with van der Waals surface area (Å²) in [6.45, 7) is 7.27. The molecule has 1 aliphatic heterocycles. The normalized spacial score (nSPS) is 20.0. The van der Waals surface area contributed by atoms with Gasteiger partial charge in [-0.05, 0) is 39.5 Å². The number of nitrogens with zero attached hydrogens (tertiary/aromatic N) is 3. The van der Waals surface area contributed by atoms with E-state index >= 15 is 0 Å². The first-order valence-electron chi connectivity index (χ1n) is 7.29. The number of aromatic nitrogens is 2. The van der Waals surface area contributed by atoms with Crippen LogP contribution in [-0.4, -0.2) is 39.2 Å².